The van der Waals surface area contributed by atoms with Crippen molar-refractivity contribution in [2.75, 3.05) is 25.5 Å². The van der Waals surface area contributed by atoms with Gasteiger partial charge in [0.15, 0.2) is 5.82 Å². The van der Waals surface area contributed by atoms with Gasteiger partial charge in [0.25, 0.3) is 0 Å². The maximum atomic E-state index is 12.8. The molecule has 0 saturated carbocycles. The second-order valence-electron chi connectivity index (χ2n) is 6.90. The number of likely N-dealkylation sites (N-methyl/N-ethyl adjacent to an activating group) is 1. The van der Waals surface area contributed by atoms with Crippen molar-refractivity contribution in [2.45, 2.75) is 25.8 Å². The van der Waals surface area contributed by atoms with E-state index in [-0.39, 0.29) is 12.1 Å². The number of likely N-dealkylation sites (tertiary alicyclic amines) is 1. The Bertz CT molecular complexity index is 777. The maximum absolute atomic E-state index is 12.8. The summed E-state index contributed by atoms with van der Waals surface area (Å²) in [5.74, 6) is 1.17. The van der Waals surface area contributed by atoms with Crippen LogP contribution in [0.3, 0.4) is 0 Å². The van der Waals surface area contributed by atoms with Crippen LogP contribution in [0.4, 0.5) is 10.5 Å². The van der Waals surface area contributed by atoms with E-state index in [4.69, 9.17) is 11.6 Å². The molecule has 140 valence electrons. The van der Waals surface area contributed by atoms with E-state index in [1.807, 2.05) is 18.0 Å². The molecular weight excluding hydrogens is 352 g/mol. The number of halogens is 1. The van der Waals surface area contributed by atoms with Crippen molar-refractivity contribution in [1.82, 2.24) is 25.0 Å². The Morgan fingerprint density at radius 3 is 2.92 bits per heavy atom. The molecule has 2 heterocycles. The van der Waals surface area contributed by atoms with Gasteiger partial charge in [-0.2, -0.15) is 5.10 Å². The smallest absolute Gasteiger partial charge is 0.320 e. The van der Waals surface area contributed by atoms with Crippen molar-refractivity contribution in [1.29, 1.82) is 0 Å². The van der Waals surface area contributed by atoms with Crippen LogP contribution in [0, 0.1) is 5.92 Å². The summed E-state index contributed by atoms with van der Waals surface area (Å²) < 4.78 is 1.62. The van der Waals surface area contributed by atoms with E-state index in [2.05, 4.69) is 27.6 Å². The number of carbonyl (C=O) groups excluding carboxylic acids is 1. The highest BCUT2D eigenvalue weighted by Crippen LogP contribution is 2.29. The standard InChI is InChI=1S/C18H25ClN6O/c1-12-6-7-25(14(8-12)10-20-2)18(26)22-13-4-5-16(19)15(9-13)17-21-11-24(3)23-17/h4-5,9,11-12,14,20H,6-8,10H2,1-3H3,(H,22,26). The van der Waals surface area contributed by atoms with Gasteiger partial charge in [0, 0.05) is 37.4 Å². The molecule has 7 nitrogen and oxygen atoms in total. The highest BCUT2D eigenvalue weighted by molar-refractivity contribution is 6.33. The summed E-state index contributed by atoms with van der Waals surface area (Å²) in [6.45, 7) is 3.80. The van der Waals surface area contributed by atoms with E-state index in [1.165, 1.54) is 0 Å². The van der Waals surface area contributed by atoms with Gasteiger partial charge in [-0.1, -0.05) is 18.5 Å². The number of amides is 2. The lowest BCUT2D eigenvalue weighted by Crippen LogP contribution is -2.51. The number of benzene rings is 1. The lowest BCUT2D eigenvalue weighted by molar-refractivity contribution is 0.141. The molecule has 2 aromatic rings. The number of hydrogen-bond donors (Lipinski definition) is 2. The highest BCUT2D eigenvalue weighted by Gasteiger charge is 2.29. The van der Waals surface area contributed by atoms with Crippen LogP contribution in [0.2, 0.25) is 5.02 Å². The fraction of sp³-hybridized carbons (Fsp3) is 0.500. The zero-order valence-electron chi connectivity index (χ0n) is 15.4. The Hall–Kier alpha value is -2.12. The molecule has 0 aliphatic carbocycles. The first-order chi connectivity index (χ1) is 12.5. The molecule has 0 spiro atoms. The lowest BCUT2D eigenvalue weighted by Gasteiger charge is -2.38. The number of nitrogens with one attached hydrogen (secondary N) is 2. The van der Waals surface area contributed by atoms with Crippen LogP contribution in [0.1, 0.15) is 19.8 Å². The van der Waals surface area contributed by atoms with Crippen LogP contribution in [0.5, 0.6) is 0 Å². The fourth-order valence-electron chi connectivity index (χ4n) is 3.38. The predicted octanol–water partition coefficient (Wildman–Crippen LogP) is 2.99. The SMILES string of the molecule is CNCC1CC(C)CCN1C(=O)Nc1ccc(Cl)c(-c2ncn(C)n2)c1. The number of hydrogen-bond acceptors (Lipinski definition) is 4. The van der Waals surface area contributed by atoms with E-state index >= 15 is 0 Å². The minimum atomic E-state index is -0.0839. The molecule has 1 aliphatic rings. The Balaban J connectivity index is 1.76. The van der Waals surface area contributed by atoms with Gasteiger partial charge in [-0.05, 0) is 44.0 Å². The maximum Gasteiger partial charge on any atom is 0.322 e. The number of nitrogens with zero attached hydrogens (tertiary/aromatic N) is 4. The summed E-state index contributed by atoms with van der Waals surface area (Å²) >= 11 is 6.29. The van der Waals surface area contributed by atoms with Crippen molar-refractivity contribution in [3.8, 4) is 11.4 Å². The first-order valence-corrected chi connectivity index (χ1v) is 9.23. The van der Waals surface area contributed by atoms with Crippen LogP contribution in [-0.4, -0.2) is 51.9 Å². The summed E-state index contributed by atoms with van der Waals surface area (Å²) in [5.41, 5.74) is 1.38. The fourth-order valence-corrected chi connectivity index (χ4v) is 3.58. The zero-order valence-corrected chi connectivity index (χ0v) is 16.1. The van der Waals surface area contributed by atoms with E-state index in [9.17, 15) is 4.79 Å². The van der Waals surface area contributed by atoms with Crippen LogP contribution in [0.25, 0.3) is 11.4 Å². The van der Waals surface area contributed by atoms with Gasteiger partial charge in [-0.15, -0.1) is 0 Å². The Kier molecular flexibility index (Phi) is 5.78. The molecule has 2 atom stereocenters. The molecule has 0 bridgehead atoms. The van der Waals surface area contributed by atoms with Crippen molar-refractivity contribution in [3.05, 3.63) is 29.5 Å². The largest absolute Gasteiger partial charge is 0.322 e. The topological polar surface area (TPSA) is 75.1 Å². The highest BCUT2D eigenvalue weighted by atomic mass is 35.5. The van der Waals surface area contributed by atoms with Crippen LogP contribution in [-0.2, 0) is 7.05 Å². The van der Waals surface area contributed by atoms with Gasteiger partial charge in [0.05, 0.1) is 5.02 Å². The van der Waals surface area contributed by atoms with Gasteiger partial charge in [-0.3, -0.25) is 4.68 Å². The minimum Gasteiger partial charge on any atom is -0.320 e. The Morgan fingerprint density at radius 1 is 1.42 bits per heavy atom. The van der Waals surface area contributed by atoms with Gasteiger partial charge >= 0.3 is 6.03 Å². The summed E-state index contributed by atoms with van der Waals surface area (Å²) in [7, 11) is 3.72. The molecule has 0 radical (unpaired) electrons. The third kappa shape index (κ3) is 4.16. The van der Waals surface area contributed by atoms with Crippen molar-refractivity contribution in [2.24, 2.45) is 13.0 Å². The first-order valence-electron chi connectivity index (χ1n) is 8.85. The predicted molar refractivity (Wildman–Crippen MR) is 103 cm³/mol. The molecule has 26 heavy (non-hydrogen) atoms. The second kappa shape index (κ2) is 8.05. The van der Waals surface area contributed by atoms with E-state index in [0.29, 0.717) is 28.0 Å². The van der Waals surface area contributed by atoms with Crippen molar-refractivity contribution < 1.29 is 4.79 Å². The van der Waals surface area contributed by atoms with Crippen molar-refractivity contribution >= 4 is 23.3 Å². The molecule has 3 rings (SSSR count). The Labute approximate surface area is 158 Å². The van der Waals surface area contributed by atoms with E-state index < -0.39 is 0 Å². The van der Waals surface area contributed by atoms with Crippen molar-refractivity contribution in [3.63, 3.8) is 0 Å². The quantitative estimate of drug-likeness (QED) is 0.860. The first kappa shape index (κ1) is 18.7. The summed E-state index contributed by atoms with van der Waals surface area (Å²) in [6, 6.07) is 5.49. The molecule has 8 heteroatoms. The molecule has 1 saturated heterocycles. The number of urea groups is 1. The van der Waals surface area contributed by atoms with Crippen LogP contribution >= 0.6 is 11.6 Å². The lowest BCUT2D eigenvalue weighted by atomic mass is 9.92. The van der Waals surface area contributed by atoms with Gasteiger partial charge in [0.1, 0.15) is 6.33 Å². The average molecular weight is 377 g/mol. The number of anilines is 1. The average Bonchev–Trinajstić information content (AvgIpc) is 3.03. The summed E-state index contributed by atoms with van der Waals surface area (Å²) in [5, 5.41) is 11.0. The summed E-state index contributed by atoms with van der Waals surface area (Å²) in [6.07, 6.45) is 3.66. The van der Waals surface area contributed by atoms with Gasteiger partial charge in [0.2, 0.25) is 0 Å². The second-order valence-corrected chi connectivity index (χ2v) is 7.31. The third-order valence-corrected chi connectivity index (χ3v) is 5.07. The number of rotatable bonds is 4. The molecule has 1 fully saturated rings. The van der Waals surface area contributed by atoms with E-state index in [0.717, 1.165) is 25.9 Å². The molecule has 1 aromatic heterocycles. The number of aromatic nitrogens is 3. The molecule has 1 aromatic carbocycles. The number of piperidine rings is 1. The molecule has 2 unspecified atom stereocenters. The normalized spacial score (nSPS) is 20.2. The monoisotopic (exact) mass is 376 g/mol. The number of carbonyl (C=O) groups is 1. The van der Waals surface area contributed by atoms with Crippen LogP contribution < -0.4 is 10.6 Å². The van der Waals surface area contributed by atoms with Crippen LogP contribution in [0.15, 0.2) is 24.5 Å². The molecular formula is C18H25ClN6O. The molecule has 2 amide bonds. The summed E-state index contributed by atoms with van der Waals surface area (Å²) in [4.78, 5) is 19.0. The molecule has 1 aliphatic heterocycles. The molecule has 2 N–H and O–H groups in total. The Morgan fingerprint density at radius 2 is 2.23 bits per heavy atom. The minimum absolute atomic E-state index is 0.0839. The number of aryl methyl sites for hydroxylation is 1. The van der Waals surface area contributed by atoms with Gasteiger partial charge in [-0.25, -0.2) is 9.78 Å². The van der Waals surface area contributed by atoms with E-state index in [1.54, 1.807) is 30.2 Å². The zero-order chi connectivity index (χ0) is 18.7. The third-order valence-electron chi connectivity index (χ3n) is 4.74. The van der Waals surface area contributed by atoms with Gasteiger partial charge < -0.3 is 15.5 Å².